The van der Waals surface area contributed by atoms with Gasteiger partial charge in [-0.15, -0.1) is 53.6 Å². The van der Waals surface area contributed by atoms with Crippen molar-refractivity contribution < 1.29 is 30.2 Å². The summed E-state index contributed by atoms with van der Waals surface area (Å²) in [7, 11) is 0. The summed E-state index contributed by atoms with van der Waals surface area (Å²) >= 11 is 0. The third-order valence-electron chi connectivity index (χ3n) is 10.6. The maximum Gasteiger partial charge on any atom is 0.135 e. The molecule has 0 fully saturated rings. The van der Waals surface area contributed by atoms with Gasteiger partial charge in [0, 0.05) is 61.3 Å². The summed E-state index contributed by atoms with van der Waals surface area (Å²) < 4.78 is 23.0. The molecular formula is C49H40FN4OPt-3. The van der Waals surface area contributed by atoms with Crippen LogP contribution in [0.1, 0.15) is 50.3 Å². The van der Waals surface area contributed by atoms with Gasteiger partial charge in [-0.25, -0.2) is 9.37 Å². The van der Waals surface area contributed by atoms with Gasteiger partial charge in [0.2, 0.25) is 0 Å². The molecule has 0 unspecified atom stereocenters. The first-order chi connectivity index (χ1) is 26.9. The minimum Gasteiger partial charge on any atom is -0.509 e. The third kappa shape index (κ3) is 6.66. The zero-order valence-corrected chi connectivity index (χ0v) is 33.9. The van der Waals surface area contributed by atoms with Gasteiger partial charge in [-0.1, -0.05) is 81.7 Å². The summed E-state index contributed by atoms with van der Waals surface area (Å²) in [5.74, 6) is 2.09. The topological polar surface area (TPSA) is 33.5 Å². The molecule has 6 aromatic carbocycles. The van der Waals surface area contributed by atoms with E-state index in [2.05, 4.69) is 139 Å². The summed E-state index contributed by atoms with van der Waals surface area (Å²) in [6.07, 6.45) is 3.67. The first-order valence-electron chi connectivity index (χ1n) is 19.0. The Balaban J connectivity index is 0.00000441. The van der Waals surface area contributed by atoms with E-state index in [1.165, 1.54) is 34.4 Å². The molecule has 5 nitrogen and oxygen atoms in total. The number of benzene rings is 6. The minimum absolute atomic E-state index is 0. The Bertz CT molecular complexity index is 2680. The first kappa shape index (κ1) is 37.2. The molecule has 0 radical (unpaired) electrons. The molecular weight excluding hydrogens is 875 g/mol. The molecule has 1 aliphatic rings. The molecule has 7 heteroatoms. The monoisotopic (exact) mass is 914 g/mol. The molecule has 0 aliphatic carbocycles. The van der Waals surface area contributed by atoms with Crippen LogP contribution in [0.25, 0.3) is 38.8 Å². The Labute approximate surface area is 342 Å². The van der Waals surface area contributed by atoms with Crippen LogP contribution < -0.4 is 14.5 Å². The zero-order valence-electron chi connectivity index (χ0n) is 31.7. The van der Waals surface area contributed by atoms with Gasteiger partial charge in [-0.05, 0) is 101 Å². The Morgan fingerprint density at radius 1 is 0.714 bits per heavy atom. The SMILES string of the molecule is CCc1cccc(CC)c1-c1cc(Oc2[c-]c3c(cc2)c2ccccc2n3-c2cc(C(C)C)ccn2)[c-]c(N2[CH-]N(c3ccc(F)cc3)c3ccccc32)c1.[Pt]. The van der Waals surface area contributed by atoms with Crippen molar-refractivity contribution in [3.05, 3.63) is 175 Å². The van der Waals surface area contributed by atoms with Gasteiger partial charge >= 0.3 is 0 Å². The van der Waals surface area contributed by atoms with E-state index in [9.17, 15) is 4.39 Å². The van der Waals surface area contributed by atoms with Crippen molar-refractivity contribution in [3.63, 3.8) is 0 Å². The molecule has 0 saturated heterocycles. The van der Waals surface area contributed by atoms with Crippen molar-refractivity contribution in [2.24, 2.45) is 0 Å². The molecule has 0 amide bonds. The molecule has 282 valence electrons. The van der Waals surface area contributed by atoms with Crippen LogP contribution in [-0.2, 0) is 33.9 Å². The molecule has 3 heterocycles. The Hall–Kier alpha value is -5.71. The van der Waals surface area contributed by atoms with E-state index in [4.69, 9.17) is 9.72 Å². The fourth-order valence-electron chi connectivity index (χ4n) is 7.79. The van der Waals surface area contributed by atoms with Crippen LogP contribution in [0.15, 0.2) is 134 Å². The second-order valence-corrected chi connectivity index (χ2v) is 14.2. The summed E-state index contributed by atoms with van der Waals surface area (Å²) in [4.78, 5) is 9.04. The van der Waals surface area contributed by atoms with E-state index in [0.717, 1.165) is 68.8 Å². The van der Waals surface area contributed by atoms with Gasteiger partial charge < -0.3 is 19.1 Å². The minimum atomic E-state index is -0.270. The molecule has 0 atom stereocenters. The number of rotatable bonds is 9. The summed E-state index contributed by atoms with van der Waals surface area (Å²) in [6, 6.07) is 49.7. The predicted molar refractivity (Wildman–Crippen MR) is 222 cm³/mol. The molecule has 8 aromatic rings. The molecule has 9 rings (SSSR count). The first-order valence-corrected chi connectivity index (χ1v) is 19.0. The average molecular weight is 915 g/mol. The van der Waals surface area contributed by atoms with Crippen LogP contribution >= 0.6 is 0 Å². The van der Waals surface area contributed by atoms with E-state index in [0.29, 0.717) is 17.4 Å². The normalized spacial score (nSPS) is 12.4. The van der Waals surface area contributed by atoms with Gasteiger partial charge in [-0.2, -0.15) is 6.07 Å². The van der Waals surface area contributed by atoms with E-state index < -0.39 is 0 Å². The van der Waals surface area contributed by atoms with Crippen LogP contribution in [0.2, 0.25) is 0 Å². The summed E-state index contributed by atoms with van der Waals surface area (Å²) in [6.45, 7) is 10.8. The zero-order chi connectivity index (χ0) is 37.6. The maximum atomic E-state index is 14.0. The number of para-hydroxylation sites is 3. The number of pyridine rings is 1. The molecule has 56 heavy (non-hydrogen) atoms. The van der Waals surface area contributed by atoms with Crippen molar-refractivity contribution in [2.75, 3.05) is 9.80 Å². The van der Waals surface area contributed by atoms with Crippen LogP contribution in [0.3, 0.4) is 0 Å². The second-order valence-electron chi connectivity index (χ2n) is 14.2. The van der Waals surface area contributed by atoms with Gasteiger partial charge in [-0.3, -0.25) is 0 Å². The predicted octanol–water partition coefficient (Wildman–Crippen LogP) is 13.0. The fraction of sp³-hybridized carbons (Fsp3) is 0.143. The van der Waals surface area contributed by atoms with Crippen LogP contribution in [0.5, 0.6) is 11.5 Å². The van der Waals surface area contributed by atoms with E-state index in [-0.39, 0.29) is 26.9 Å². The maximum absolute atomic E-state index is 14.0. The van der Waals surface area contributed by atoms with Crippen molar-refractivity contribution in [1.29, 1.82) is 0 Å². The quantitative estimate of drug-likeness (QED) is 0.135. The number of nitrogens with zero attached hydrogens (tertiary/aromatic N) is 4. The van der Waals surface area contributed by atoms with Crippen molar-refractivity contribution in [2.45, 2.75) is 46.5 Å². The number of fused-ring (bicyclic) bond motifs is 4. The number of halogens is 1. The van der Waals surface area contributed by atoms with Crippen LogP contribution in [0, 0.1) is 24.6 Å². The van der Waals surface area contributed by atoms with Gasteiger partial charge in [0.1, 0.15) is 11.6 Å². The third-order valence-corrected chi connectivity index (χ3v) is 10.6. The van der Waals surface area contributed by atoms with E-state index in [1.54, 1.807) is 12.1 Å². The van der Waals surface area contributed by atoms with Crippen molar-refractivity contribution >= 4 is 44.6 Å². The van der Waals surface area contributed by atoms with Gasteiger partial charge in [0.05, 0.1) is 0 Å². The Kier molecular flexibility index (Phi) is 10.3. The molecule has 0 N–H and O–H groups in total. The fourth-order valence-corrected chi connectivity index (χ4v) is 7.79. The standard InChI is InChI=1S/C49H40FN4O.Pt/c1-5-33-12-11-13-34(6-2)49(33)36-26-39(53-31-52(38-20-18-37(50)19-21-38)45-16-9-10-17-46(45)53)29-41(27-36)55-40-22-23-43-42-14-7-8-15-44(42)54(47(43)30-40)48-28-35(32(3)4)24-25-51-48;/h7-28,31-32H,5-6H2,1-4H3;/q-3;. The van der Waals surface area contributed by atoms with Crippen LogP contribution in [-0.4, -0.2) is 9.55 Å². The molecule has 1 aliphatic heterocycles. The summed E-state index contributed by atoms with van der Waals surface area (Å²) in [5, 5.41) is 2.21. The van der Waals surface area contributed by atoms with Gasteiger partial charge in [0.15, 0.2) is 0 Å². The number of hydrogen-bond donors (Lipinski definition) is 0. The molecule has 2 aromatic heterocycles. The molecule has 0 bridgehead atoms. The van der Waals surface area contributed by atoms with E-state index >= 15 is 0 Å². The largest absolute Gasteiger partial charge is 0.509 e. The second kappa shape index (κ2) is 15.4. The number of hydrogen-bond acceptors (Lipinski definition) is 4. The van der Waals surface area contributed by atoms with E-state index in [1.807, 2.05) is 31.1 Å². The number of aromatic nitrogens is 2. The Morgan fingerprint density at radius 3 is 2.16 bits per heavy atom. The van der Waals surface area contributed by atoms with Gasteiger partial charge in [0.25, 0.3) is 0 Å². The van der Waals surface area contributed by atoms with Crippen LogP contribution in [0.4, 0.5) is 27.1 Å². The molecule has 0 saturated carbocycles. The summed E-state index contributed by atoms with van der Waals surface area (Å²) in [5.41, 5.74) is 11.6. The number of aryl methyl sites for hydroxylation is 2. The van der Waals surface area contributed by atoms with Crippen molar-refractivity contribution in [3.8, 4) is 28.4 Å². The smallest absolute Gasteiger partial charge is 0.135 e. The number of ether oxygens (including phenoxy) is 1. The number of anilines is 4. The molecule has 0 spiro atoms. The Morgan fingerprint density at radius 2 is 1.43 bits per heavy atom. The van der Waals surface area contributed by atoms with Crippen molar-refractivity contribution in [1.82, 2.24) is 9.55 Å². The average Bonchev–Trinajstić information content (AvgIpc) is 3.77.